The lowest BCUT2D eigenvalue weighted by atomic mass is 9.92. The van der Waals surface area contributed by atoms with Gasteiger partial charge in [0, 0.05) is 35.4 Å². The average Bonchev–Trinajstić information content (AvgIpc) is 2.73. The highest BCUT2D eigenvalue weighted by atomic mass is 16.5. The Kier molecular flexibility index (Phi) is 5.14. The number of pyridine rings is 1. The minimum atomic E-state index is -0.313. The van der Waals surface area contributed by atoms with Gasteiger partial charge in [0.15, 0.2) is 11.5 Å². The monoisotopic (exact) mass is 407 g/mol. The molecule has 0 unspecified atom stereocenters. The summed E-state index contributed by atoms with van der Waals surface area (Å²) in [7, 11) is 4.62. The Balaban J connectivity index is 1.80. The molecular weight excluding hydrogens is 386 g/mol. The zero-order chi connectivity index (χ0) is 21.3. The van der Waals surface area contributed by atoms with Gasteiger partial charge in [0.25, 0.3) is 5.56 Å². The van der Waals surface area contributed by atoms with Gasteiger partial charge < -0.3 is 19.5 Å². The summed E-state index contributed by atoms with van der Waals surface area (Å²) in [6.07, 6.45) is 4.45. The highest BCUT2D eigenvalue weighted by Gasteiger charge is 2.24. The lowest BCUT2D eigenvalue weighted by Crippen LogP contribution is -2.31. The predicted molar refractivity (Wildman–Crippen MR) is 111 cm³/mol. The van der Waals surface area contributed by atoms with Crippen molar-refractivity contribution in [3.8, 4) is 23.3 Å². The Labute approximate surface area is 172 Å². The first-order valence-electron chi connectivity index (χ1n) is 9.49. The lowest BCUT2D eigenvalue weighted by molar-refractivity contribution is 0.313. The summed E-state index contributed by atoms with van der Waals surface area (Å²) < 4.78 is 17.7. The average molecular weight is 407 g/mol. The number of nitriles is 1. The molecule has 3 aromatic rings. The van der Waals surface area contributed by atoms with E-state index < -0.39 is 0 Å². The maximum absolute atomic E-state index is 12.8. The quantitative estimate of drug-likeness (QED) is 0.663. The summed E-state index contributed by atoms with van der Waals surface area (Å²) >= 11 is 0. The molecule has 0 radical (unpaired) electrons. The molecule has 2 aromatic heterocycles. The first-order valence-corrected chi connectivity index (χ1v) is 9.49. The number of ether oxygens (including phenoxy) is 3. The van der Waals surface area contributed by atoms with E-state index in [4.69, 9.17) is 14.2 Å². The van der Waals surface area contributed by atoms with Gasteiger partial charge in [-0.1, -0.05) is 0 Å². The zero-order valence-corrected chi connectivity index (χ0v) is 16.9. The molecule has 9 nitrogen and oxygen atoms in total. The van der Waals surface area contributed by atoms with Crippen molar-refractivity contribution >= 4 is 22.7 Å². The highest BCUT2D eigenvalue weighted by molar-refractivity contribution is 5.78. The number of anilines is 2. The van der Waals surface area contributed by atoms with Crippen LogP contribution in [-0.2, 0) is 0 Å². The molecule has 1 aliphatic carbocycles. The van der Waals surface area contributed by atoms with Crippen LogP contribution in [0.2, 0.25) is 0 Å². The second-order valence-corrected chi connectivity index (χ2v) is 6.94. The van der Waals surface area contributed by atoms with Crippen LogP contribution < -0.4 is 25.1 Å². The molecule has 1 aromatic carbocycles. The Morgan fingerprint density at radius 3 is 2.37 bits per heavy atom. The number of methoxy groups -OCH3 is 3. The fourth-order valence-corrected chi connectivity index (χ4v) is 3.53. The van der Waals surface area contributed by atoms with E-state index in [0.717, 1.165) is 19.3 Å². The van der Waals surface area contributed by atoms with Crippen molar-refractivity contribution in [3.63, 3.8) is 0 Å². The van der Waals surface area contributed by atoms with Crippen LogP contribution in [0.15, 0.2) is 29.2 Å². The first kappa shape index (κ1) is 19.5. The summed E-state index contributed by atoms with van der Waals surface area (Å²) in [5.41, 5.74) is 0.930. The molecule has 0 atom stereocenters. The lowest BCUT2D eigenvalue weighted by Gasteiger charge is -2.28. The molecule has 0 saturated heterocycles. The molecule has 1 N–H and O–H groups in total. The van der Waals surface area contributed by atoms with Gasteiger partial charge in [0.1, 0.15) is 17.3 Å². The molecule has 0 aliphatic heterocycles. The number of nitrogens with zero attached hydrogens (tertiary/aromatic N) is 4. The van der Waals surface area contributed by atoms with E-state index in [2.05, 4.69) is 15.3 Å². The van der Waals surface area contributed by atoms with Crippen molar-refractivity contribution in [2.45, 2.75) is 25.3 Å². The Morgan fingerprint density at radius 1 is 1.13 bits per heavy atom. The number of hydrogen-bond acceptors (Lipinski definition) is 8. The maximum Gasteiger partial charge on any atom is 0.270 e. The van der Waals surface area contributed by atoms with Gasteiger partial charge in [0.2, 0.25) is 11.7 Å². The predicted octanol–water partition coefficient (Wildman–Crippen LogP) is 3.16. The van der Waals surface area contributed by atoms with Gasteiger partial charge in [0.05, 0.1) is 21.3 Å². The van der Waals surface area contributed by atoms with E-state index in [1.807, 2.05) is 6.07 Å². The highest BCUT2D eigenvalue weighted by Crippen LogP contribution is 2.40. The second-order valence-electron chi connectivity index (χ2n) is 6.94. The number of aromatic nitrogens is 3. The van der Waals surface area contributed by atoms with Crippen molar-refractivity contribution in [1.29, 1.82) is 5.26 Å². The van der Waals surface area contributed by atoms with Crippen molar-refractivity contribution in [3.05, 3.63) is 40.3 Å². The summed E-state index contributed by atoms with van der Waals surface area (Å²) in [6, 6.07) is 7.05. The molecule has 4 rings (SSSR count). The van der Waals surface area contributed by atoms with Gasteiger partial charge in [-0.3, -0.25) is 9.36 Å². The number of fused-ring (bicyclic) bond motifs is 1. The SMILES string of the molecule is COc1cc(Nc2ncc3cc(C#N)c(=O)n(C4CCC4)c3n2)cc(OC)c1OC. The van der Waals surface area contributed by atoms with Crippen LogP contribution in [-0.4, -0.2) is 35.9 Å². The topological polar surface area (TPSA) is 111 Å². The molecule has 9 heteroatoms. The number of nitrogens with one attached hydrogen (secondary N) is 1. The summed E-state index contributed by atoms with van der Waals surface area (Å²) in [4.78, 5) is 21.7. The third-order valence-electron chi connectivity index (χ3n) is 5.25. The Bertz CT molecular complexity index is 1190. The summed E-state index contributed by atoms with van der Waals surface area (Å²) in [6.45, 7) is 0. The molecule has 1 aliphatic rings. The van der Waals surface area contributed by atoms with Crippen molar-refractivity contribution in [1.82, 2.24) is 14.5 Å². The first-order chi connectivity index (χ1) is 14.6. The van der Waals surface area contributed by atoms with Gasteiger partial charge in [-0.25, -0.2) is 4.98 Å². The van der Waals surface area contributed by atoms with E-state index >= 15 is 0 Å². The summed E-state index contributed by atoms with van der Waals surface area (Å²) in [5, 5.41) is 13.1. The van der Waals surface area contributed by atoms with Crippen LogP contribution in [0.25, 0.3) is 11.0 Å². The number of hydrogen-bond donors (Lipinski definition) is 1. The van der Waals surface area contributed by atoms with Crippen LogP contribution in [0.3, 0.4) is 0 Å². The molecule has 30 heavy (non-hydrogen) atoms. The molecular formula is C21H21N5O4. The van der Waals surface area contributed by atoms with Gasteiger partial charge in [-0.05, 0) is 25.3 Å². The zero-order valence-electron chi connectivity index (χ0n) is 16.9. The standard InChI is InChI=1S/C21H21N5O4/c1-28-16-8-14(9-17(29-2)18(16)30-3)24-21-23-11-13-7-12(10-22)20(27)26(19(13)25-21)15-5-4-6-15/h7-9,11,15H,4-6H2,1-3H3,(H,23,24,25). The maximum atomic E-state index is 12.8. The van der Waals surface area contributed by atoms with Crippen LogP contribution in [0.5, 0.6) is 17.2 Å². The van der Waals surface area contributed by atoms with Crippen LogP contribution >= 0.6 is 0 Å². The fraction of sp³-hybridized carbons (Fsp3) is 0.333. The van der Waals surface area contributed by atoms with Crippen LogP contribution in [0, 0.1) is 11.3 Å². The number of benzene rings is 1. The molecule has 0 amide bonds. The Hall–Kier alpha value is -3.80. The smallest absolute Gasteiger partial charge is 0.270 e. The van der Waals surface area contributed by atoms with Crippen LogP contribution in [0.1, 0.15) is 30.9 Å². The fourth-order valence-electron chi connectivity index (χ4n) is 3.53. The van der Waals surface area contributed by atoms with Crippen molar-refractivity contribution < 1.29 is 14.2 Å². The molecule has 1 saturated carbocycles. The van der Waals surface area contributed by atoms with Gasteiger partial charge >= 0.3 is 0 Å². The van der Waals surface area contributed by atoms with E-state index in [1.54, 1.807) is 22.9 Å². The minimum absolute atomic E-state index is 0.0530. The van der Waals surface area contributed by atoms with E-state index in [-0.39, 0.29) is 17.2 Å². The molecule has 154 valence electrons. The summed E-state index contributed by atoms with van der Waals surface area (Å²) in [5.74, 6) is 1.78. The third-order valence-corrected chi connectivity index (χ3v) is 5.25. The molecule has 0 bridgehead atoms. The molecule has 0 spiro atoms. The largest absolute Gasteiger partial charge is 0.493 e. The normalized spacial score (nSPS) is 13.4. The van der Waals surface area contributed by atoms with E-state index in [9.17, 15) is 10.1 Å². The molecule has 2 heterocycles. The van der Waals surface area contributed by atoms with Crippen molar-refractivity contribution in [2.75, 3.05) is 26.6 Å². The van der Waals surface area contributed by atoms with E-state index in [0.29, 0.717) is 39.9 Å². The van der Waals surface area contributed by atoms with Gasteiger partial charge in [-0.15, -0.1) is 0 Å². The molecule has 1 fully saturated rings. The third kappa shape index (κ3) is 3.26. The second kappa shape index (κ2) is 7.91. The number of rotatable bonds is 6. The Morgan fingerprint density at radius 2 is 1.83 bits per heavy atom. The minimum Gasteiger partial charge on any atom is -0.493 e. The van der Waals surface area contributed by atoms with E-state index in [1.165, 1.54) is 27.4 Å². The van der Waals surface area contributed by atoms with Crippen molar-refractivity contribution in [2.24, 2.45) is 0 Å². The van der Waals surface area contributed by atoms with Crippen LogP contribution in [0.4, 0.5) is 11.6 Å². The van der Waals surface area contributed by atoms with Gasteiger partial charge in [-0.2, -0.15) is 10.2 Å².